The smallest absolute Gasteiger partial charge is 0.234 e. The van der Waals surface area contributed by atoms with E-state index in [1.807, 2.05) is 6.07 Å². The van der Waals surface area contributed by atoms with Crippen molar-refractivity contribution in [2.75, 3.05) is 19.8 Å². The van der Waals surface area contributed by atoms with Crippen molar-refractivity contribution in [3.05, 3.63) is 0 Å². The predicted octanol–water partition coefficient (Wildman–Crippen LogP) is 1.22. The molecule has 1 amide bonds. The zero-order chi connectivity index (χ0) is 10.9. The number of nitrogens with one attached hydrogen (secondary N) is 1. The molecule has 0 aromatic rings. The number of nitrogens with zero attached hydrogens (tertiary/aromatic N) is 1. The van der Waals surface area contributed by atoms with Gasteiger partial charge in [0.15, 0.2) is 0 Å². The molecule has 1 saturated heterocycles. The minimum Gasteiger partial charge on any atom is -0.381 e. The molecule has 0 radical (unpaired) electrons. The largest absolute Gasteiger partial charge is 0.381 e. The lowest BCUT2D eigenvalue weighted by molar-refractivity contribution is -0.120. The highest BCUT2D eigenvalue weighted by molar-refractivity contribution is 5.77. The summed E-state index contributed by atoms with van der Waals surface area (Å²) < 4.78 is 5.27. The fraction of sp³-hybridized carbons (Fsp3) is 0.818. The fourth-order valence-electron chi connectivity index (χ4n) is 1.79. The van der Waals surface area contributed by atoms with Gasteiger partial charge in [0, 0.05) is 19.8 Å². The Bertz CT molecular complexity index is 229. The van der Waals surface area contributed by atoms with Crippen LogP contribution in [-0.2, 0) is 9.53 Å². The van der Waals surface area contributed by atoms with E-state index in [0.717, 1.165) is 44.8 Å². The van der Waals surface area contributed by atoms with Gasteiger partial charge in [-0.3, -0.25) is 4.79 Å². The molecule has 1 aliphatic rings. The second kappa shape index (κ2) is 7.24. The van der Waals surface area contributed by atoms with Crippen LogP contribution in [-0.4, -0.2) is 25.7 Å². The molecule has 0 spiro atoms. The lowest BCUT2D eigenvalue weighted by Crippen LogP contribution is -2.24. The summed E-state index contributed by atoms with van der Waals surface area (Å²) >= 11 is 0. The zero-order valence-electron chi connectivity index (χ0n) is 9.00. The van der Waals surface area contributed by atoms with Crippen molar-refractivity contribution < 1.29 is 9.53 Å². The van der Waals surface area contributed by atoms with Gasteiger partial charge in [0.2, 0.25) is 5.91 Å². The molecular formula is C11H18N2O2. The minimum atomic E-state index is -0.163. The van der Waals surface area contributed by atoms with Gasteiger partial charge in [-0.05, 0) is 31.6 Å². The van der Waals surface area contributed by atoms with Gasteiger partial charge in [-0.2, -0.15) is 5.26 Å². The van der Waals surface area contributed by atoms with Gasteiger partial charge in [0.1, 0.15) is 6.42 Å². The molecule has 1 aliphatic heterocycles. The molecule has 1 fully saturated rings. The van der Waals surface area contributed by atoms with E-state index in [9.17, 15) is 4.79 Å². The Hall–Kier alpha value is -1.08. The monoisotopic (exact) mass is 210 g/mol. The van der Waals surface area contributed by atoms with Gasteiger partial charge in [-0.15, -0.1) is 0 Å². The van der Waals surface area contributed by atoms with Crippen LogP contribution in [0.2, 0.25) is 0 Å². The molecule has 15 heavy (non-hydrogen) atoms. The molecule has 0 unspecified atom stereocenters. The van der Waals surface area contributed by atoms with E-state index < -0.39 is 0 Å². The van der Waals surface area contributed by atoms with Gasteiger partial charge in [-0.25, -0.2) is 0 Å². The maximum atomic E-state index is 10.9. The Morgan fingerprint density at radius 1 is 1.47 bits per heavy atom. The first kappa shape index (κ1) is 12.0. The number of carbonyl (C=O) groups is 1. The minimum absolute atomic E-state index is 0.0305. The first-order valence-corrected chi connectivity index (χ1v) is 5.54. The highest BCUT2D eigenvalue weighted by Crippen LogP contribution is 2.19. The molecule has 1 N–H and O–H groups in total. The molecule has 0 bridgehead atoms. The summed E-state index contributed by atoms with van der Waals surface area (Å²) in [6, 6.07) is 1.83. The predicted molar refractivity (Wildman–Crippen MR) is 56.0 cm³/mol. The van der Waals surface area contributed by atoms with Crippen LogP contribution in [0.25, 0.3) is 0 Å². The van der Waals surface area contributed by atoms with Crippen molar-refractivity contribution in [3.8, 4) is 6.07 Å². The molecule has 1 heterocycles. The molecule has 84 valence electrons. The van der Waals surface area contributed by atoms with Crippen molar-refractivity contribution >= 4 is 5.91 Å². The number of hydrogen-bond acceptors (Lipinski definition) is 3. The second-order valence-electron chi connectivity index (χ2n) is 3.88. The van der Waals surface area contributed by atoms with Crippen LogP contribution < -0.4 is 5.32 Å². The molecular weight excluding hydrogens is 192 g/mol. The van der Waals surface area contributed by atoms with E-state index in [1.54, 1.807) is 0 Å². The molecule has 4 nitrogen and oxygen atoms in total. The van der Waals surface area contributed by atoms with Crippen molar-refractivity contribution in [2.24, 2.45) is 5.92 Å². The van der Waals surface area contributed by atoms with Crippen molar-refractivity contribution in [1.29, 1.82) is 5.26 Å². The van der Waals surface area contributed by atoms with Gasteiger partial charge < -0.3 is 10.1 Å². The Morgan fingerprint density at radius 2 is 2.20 bits per heavy atom. The summed E-state index contributed by atoms with van der Waals surface area (Å²) in [5.41, 5.74) is 0. The second-order valence-corrected chi connectivity index (χ2v) is 3.88. The Balaban J connectivity index is 1.96. The van der Waals surface area contributed by atoms with Crippen molar-refractivity contribution in [3.63, 3.8) is 0 Å². The molecule has 0 aliphatic carbocycles. The number of hydrogen-bond donors (Lipinski definition) is 1. The van der Waals surface area contributed by atoms with Crippen LogP contribution in [0, 0.1) is 17.2 Å². The summed E-state index contributed by atoms with van der Waals surface area (Å²) in [7, 11) is 0. The summed E-state index contributed by atoms with van der Waals surface area (Å²) in [6.07, 6.45) is 4.41. The highest BCUT2D eigenvalue weighted by Gasteiger charge is 2.12. The zero-order valence-corrected chi connectivity index (χ0v) is 9.00. The third-order valence-corrected chi connectivity index (χ3v) is 2.69. The van der Waals surface area contributed by atoms with E-state index in [4.69, 9.17) is 10.00 Å². The summed E-state index contributed by atoms with van der Waals surface area (Å²) in [5, 5.41) is 11.0. The number of rotatable bonds is 5. The van der Waals surface area contributed by atoms with Gasteiger partial charge in [0.25, 0.3) is 0 Å². The first-order valence-electron chi connectivity index (χ1n) is 5.54. The Morgan fingerprint density at radius 3 is 2.87 bits per heavy atom. The van der Waals surface area contributed by atoms with E-state index in [2.05, 4.69) is 5.32 Å². The highest BCUT2D eigenvalue weighted by atomic mass is 16.5. The lowest BCUT2D eigenvalue weighted by Gasteiger charge is -2.21. The fourth-order valence-corrected chi connectivity index (χ4v) is 1.79. The molecule has 0 saturated carbocycles. The molecule has 1 rings (SSSR count). The topological polar surface area (TPSA) is 62.1 Å². The number of ether oxygens (including phenoxy) is 1. The van der Waals surface area contributed by atoms with E-state index >= 15 is 0 Å². The van der Waals surface area contributed by atoms with Crippen molar-refractivity contribution in [1.82, 2.24) is 5.32 Å². The standard InChI is InChI=1S/C11H18N2O2/c12-6-3-11(14)13-7-1-2-10-4-8-15-9-5-10/h10H,1-5,7-9H2,(H,13,14). The third-order valence-electron chi connectivity index (χ3n) is 2.69. The average Bonchev–Trinajstić information content (AvgIpc) is 2.26. The maximum absolute atomic E-state index is 10.9. The Kier molecular flexibility index (Phi) is 5.79. The van der Waals surface area contributed by atoms with Crippen LogP contribution in [0.3, 0.4) is 0 Å². The quantitative estimate of drug-likeness (QED) is 0.694. The van der Waals surface area contributed by atoms with Crippen LogP contribution in [0.4, 0.5) is 0 Å². The summed E-state index contributed by atoms with van der Waals surface area (Å²) in [4.78, 5) is 10.9. The number of carbonyl (C=O) groups excluding carboxylic acids is 1. The molecule has 0 aromatic carbocycles. The average molecular weight is 210 g/mol. The number of nitriles is 1. The Labute approximate surface area is 90.6 Å². The lowest BCUT2D eigenvalue weighted by atomic mass is 9.95. The molecule has 4 heteroatoms. The van der Waals surface area contributed by atoms with Gasteiger partial charge in [0.05, 0.1) is 6.07 Å². The maximum Gasteiger partial charge on any atom is 0.234 e. The number of amides is 1. The molecule has 0 aromatic heterocycles. The SMILES string of the molecule is N#CCC(=O)NCCCC1CCOCC1. The molecule has 0 atom stereocenters. The van der Waals surface area contributed by atoms with Gasteiger partial charge in [-0.1, -0.05) is 0 Å². The van der Waals surface area contributed by atoms with Gasteiger partial charge >= 0.3 is 0 Å². The first-order chi connectivity index (χ1) is 7.33. The third kappa shape index (κ3) is 5.38. The van der Waals surface area contributed by atoms with Crippen LogP contribution in [0.5, 0.6) is 0 Å². The van der Waals surface area contributed by atoms with Crippen LogP contribution in [0.1, 0.15) is 32.1 Å². The summed E-state index contributed by atoms with van der Waals surface area (Å²) in [6.45, 7) is 2.45. The van der Waals surface area contributed by atoms with E-state index in [-0.39, 0.29) is 12.3 Å². The summed E-state index contributed by atoms with van der Waals surface area (Å²) in [5.74, 6) is 0.594. The van der Waals surface area contributed by atoms with E-state index in [0.29, 0.717) is 6.54 Å². The van der Waals surface area contributed by atoms with Crippen LogP contribution in [0.15, 0.2) is 0 Å². The van der Waals surface area contributed by atoms with Crippen molar-refractivity contribution in [2.45, 2.75) is 32.1 Å². The van der Waals surface area contributed by atoms with E-state index in [1.165, 1.54) is 0 Å². The van der Waals surface area contributed by atoms with Crippen LogP contribution >= 0.6 is 0 Å². The normalized spacial score (nSPS) is 17.0.